The van der Waals surface area contributed by atoms with Crippen LogP contribution in [-0.2, 0) is 27.9 Å². The summed E-state index contributed by atoms with van der Waals surface area (Å²) < 4.78 is 6.94. The second kappa shape index (κ2) is 8.36. The molecule has 1 aliphatic rings. The van der Waals surface area contributed by atoms with Gasteiger partial charge in [-0.2, -0.15) is 5.10 Å². The number of carbonyl (C=O) groups is 4. The van der Waals surface area contributed by atoms with E-state index < -0.39 is 24.0 Å². The summed E-state index contributed by atoms with van der Waals surface area (Å²) in [5, 5.41) is 9.41. The molecule has 0 bridgehead atoms. The highest BCUT2D eigenvalue weighted by molar-refractivity contribution is 6.02. The van der Waals surface area contributed by atoms with Crippen LogP contribution in [0, 0.1) is 13.8 Å². The fraction of sp³-hybridized carbons (Fsp3) is 0.350. The van der Waals surface area contributed by atoms with E-state index in [2.05, 4.69) is 15.7 Å². The number of carbonyl (C=O) groups excluding carboxylic acids is 4. The second-order valence-corrected chi connectivity index (χ2v) is 7.05. The summed E-state index contributed by atoms with van der Waals surface area (Å²) in [6.07, 6.45) is -1.04. The molecule has 2 aromatic rings. The fourth-order valence-electron chi connectivity index (χ4n) is 3.06. The summed E-state index contributed by atoms with van der Waals surface area (Å²) in [4.78, 5) is 49.4. The van der Waals surface area contributed by atoms with E-state index in [9.17, 15) is 19.2 Å². The number of nitrogens with one attached hydrogen (secondary N) is 2. The van der Waals surface area contributed by atoms with Crippen molar-refractivity contribution in [1.29, 1.82) is 0 Å². The molecule has 1 atom stereocenters. The van der Waals surface area contributed by atoms with Gasteiger partial charge in [0.1, 0.15) is 0 Å². The molecule has 0 saturated carbocycles. The molecule has 1 fully saturated rings. The maximum Gasteiger partial charge on any atom is 0.338 e. The molecule has 3 rings (SSSR count). The van der Waals surface area contributed by atoms with Gasteiger partial charge in [0.25, 0.3) is 5.91 Å². The van der Waals surface area contributed by atoms with Crippen LogP contribution in [0.1, 0.15) is 34.2 Å². The van der Waals surface area contributed by atoms with Crippen molar-refractivity contribution in [2.75, 3.05) is 11.9 Å². The Morgan fingerprint density at radius 2 is 2.03 bits per heavy atom. The lowest BCUT2D eigenvalue weighted by molar-refractivity contribution is -0.125. The van der Waals surface area contributed by atoms with Crippen LogP contribution < -0.4 is 10.6 Å². The lowest BCUT2D eigenvalue weighted by atomic mass is 10.1. The van der Waals surface area contributed by atoms with Crippen molar-refractivity contribution in [1.82, 2.24) is 20.0 Å². The number of amides is 4. The zero-order chi connectivity index (χ0) is 22.0. The van der Waals surface area contributed by atoms with Crippen LogP contribution in [0.15, 0.2) is 24.3 Å². The highest BCUT2D eigenvalue weighted by Crippen LogP contribution is 2.19. The Morgan fingerprint density at radius 1 is 1.30 bits per heavy atom. The minimum atomic E-state index is -1.04. The van der Waals surface area contributed by atoms with Gasteiger partial charge in [0.2, 0.25) is 5.91 Å². The first-order valence-electron chi connectivity index (χ1n) is 9.36. The molecule has 2 heterocycles. The highest BCUT2D eigenvalue weighted by atomic mass is 16.5. The third-order valence-corrected chi connectivity index (χ3v) is 4.85. The number of nitrogens with zero attached hydrogens (tertiary/aromatic N) is 3. The minimum Gasteiger partial charge on any atom is -0.449 e. The van der Waals surface area contributed by atoms with Gasteiger partial charge >= 0.3 is 12.0 Å². The largest absolute Gasteiger partial charge is 0.449 e. The molecule has 2 N–H and O–H groups in total. The minimum absolute atomic E-state index is 0.0386. The monoisotopic (exact) mass is 413 g/mol. The molecular formula is C20H23N5O5. The number of esters is 1. The lowest BCUT2D eigenvalue weighted by Gasteiger charge is -2.15. The van der Waals surface area contributed by atoms with Gasteiger partial charge in [-0.05, 0) is 38.5 Å². The number of aryl methyl sites for hydroxylation is 2. The molecular weight excluding hydrogens is 390 g/mol. The van der Waals surface area contributed by atoms with Crippen molar-refractivity contribution < 1.29 is 23.9 Å². The van der Waals surface area contributed by atoms with Crippen LogP contribution in [-0.4, -0.2) is 51.1 Å². The molecule has 10 heteroatoms. The highest BCUT2D eigenvalue weighted by Gasteiger charge is 2.28. The Kier molecular flexibility index (Phi) is 5.86. The summed E-state index contributed by atoms with van der Waals surface area (Å²) >= 11 is 0. The summed E-state index contributed by atoms with van der Waals surface area (Å²) in [5.41, 5.74) is 2.84. The fourth-order valence-corrected chi connectivity index (χ4v) is 3.06. The smallest absolute Gasteiger partial charge is 0.338 e. The zero-order valence-corrected chi connectivity index (χ0v) is 17.2. The molecule has 1 saturated heterocycles. The molecule has 0 unspecified atom stereocenters. The van der Waals surface area contributed by atoms with Crippen LogP contribution >= 0.6 is 0 Å². The SMILES string of the molecule is Cc1nn(C)c(C)c1NC(=O)[C@@H](C)OC(=O)c1cccc(CN2C(=O)CNC2=O)c1. The number of anilines is 1. The number of imide groups is 1. The van der Waals surface area contributed by atoms with Crippen LogP contribution in [0.5, 0.6) is 0 Å². The van der Waals surface area contributed by atoms with Crippen LogP contribution in [0.3, 0.4) is 0 Å². The summed E-state index contributed by atoms with van der Waals surface area (Å²) in [6, 6.07) is 5.91. The molecule has 30 heavy (non-hydrogen) atoms. The van der Waals surface area contributed by atoms with E-state index in [4.69, 9.17) is 4.74 Å². The van der Waals surface area contributed by atoms with E-state index in [0.717, 1.165) is 10.6 Å². The Labute approximate surface area is 173 Å². The van der Waals surface area contributed by atoms with Gasteiger partial charge in [0.05, 0.1) is 35.7 Å². The van der Waals surface area contributed by atoms with Crippen LogP contribution in [0.4, 0.5) is 10.5 Å². The summed E-state index contributed by atoms with van der Waals surface area (Å²) in [6.45, 7) is 5.08. The van der Waals surface area contributed by atoms with E-state index in [1.807, 2.05) is 6.92 Å². The second-order valence-electron chi connectivity index (χ2n) is 7.05. The molecule has 1 aliphatic heterocycles. The van der Waals surface area contributed by atoms with Gasteiger partial charge in [-0.25, -0.2) is 9.59 Å². The topological polar surface area (TPSA) is 123 Å². The number of hydrogen-bond acceptors (Lipinski definition) is 6. The van der Waals surface area contributed by atoms with Crippen molar-refractivity contribution in [2.45, 2.75) is 33.4 Å². The Hall–Kier alpha value is -3.69. The molecule has 0 spiro atoms. The standard InChI is InChI=1S/C20H23N5O5/c1-11-17(12(2)24(4)23-11)22-18(27)13(3)30-19(28)15-7-5-6-14(8-15)10-25-16(26)9-21-20(25)29/h5-8,13H,9-10H2,1-4H3,(H,21,29)(H,22,27)/t13-/m1/s1. The van der Waals surface area contributed by atoms with Gasteiger partial charge in [0.15, 0.2) is 6.10 Å². The Morgan fingerprint density at radius 3 is 2.63 bits per heavy atom. The normalized spacial score (nSPS) is 14.5. The number of rotatable bonds is 6. The lowest BCUT2D eigenvalue weighted by Crippen LogP contribution is -2.31. The Bertz CT molecular complexity index is 1010. The molecule has 0 aliphatic carbocycles. The quantitative estimate of drug-likeness (QED) is 0.543. The molecule has 1 aromatic heterocycles. The van der Waals surface area contributed by atoms with Gasteiger partial charge in [0, 0.05) is 7.05 Å². The maximum absolute atomic E-state index is 12.5. The zero-order valence-electron chi connectivity index (χ0n) is 17.2. The van der Waals surface area contributed by atoms with Crippen LogP contribution in [0.2, 0.25) is 0 Å². The van der Waals surface area contributed by atoms with Crippen molar-refractivity contribution in [2.24, 2.45) is 7.05 Å². The average Bonchev–Trinajstić information content (AvgIpc) is 3.15. The van der Waals surface area contributed by atoms with E-state index >= 15 is 0 Å². The van der Waals surface area contributed by atoms with Crippen molar-refractivity contribution in [3.05, 3.63) is 46.8 Å². The van der Waals surface area contributed by atoms with E-state index in [1.165, 1.54) is 19.1 Å². The first-order chi connectivity index (χ1) is 14.2. The molecule has 4 amide bonds. The number of urea groups is 1. The van der Waals surface area contributed by atoms with E-state index in [1.54, 1.807) is 30.8 Å². The molecule has 10 nitrogen and oxygen atoms in total. The van der Waals surface area contributed by atoms with Crippen molar-refractivity contribution >= 4 is 29.5 Å². The first kappa shape index (κ1) is 21.0. The van der Waals surface area contributed by atoms with Crippen molar-refractivity contribution in [3.63, 3.8) is 0 Å². The maximum atomic E-state index is 12.5. The molecule has 158 valence electrons. The van der Waals surface area contributed by atoms with Gasteiger partial charge < -0.3 is 15.4 Å². The van der Waals surface area contributed by atoms with Crippen molar-refractivity contribution in [3.8, 4) is 0 Å². The van der Waals surface area contributed by atoms with E-state index in [-0.39, 0.29) is 24.6 Å². The summed E-state index contributed by atoms with van der Waals surface area (Å²) in [7, 11) is 1.77. The van der Waals surface area contributed by atoms with Gasteiger partial charge in [-0.1, -0.05) is 12.1 Å². The molecule has 1 aromatic carbocycles. The third-order valence-electron chi connectivity index (χ3n) is 4.85. The first-order valence-corrected chi connectivity index (χ1v) is 9.36. The number of aromatic nitrogens is 2. The number of hydrogen-bond donors (Lipinski definition) is 2. The average molecular weight is 413 g/mol. The Balaban J connectivity index is 1.64. The van der Waals surface area contributed by atoms with Gasteiger partial charge in [-0.3, -0.25) is 19.2 Å². The summed E-state index contributed by atoms with van der Waals surface area (Å²) in [5.74, 6) is -1.49. The third kappa shape index (κ3) is 4.32. The predicted molar refractivity (Wildman–Crippen MR) is 107 cm³/mol. The number of benzene rings is 1. The predicted octanol–water partition coefficient (Wildman–Crippen LogP) is 1.27. The number of ether oxygens (including phenoxy) is 1. The van der Waals surface area contributed by atoms with Crippen LogP contribution in [0.25, 0.3) is 0 Å². The molecule has 0 radical (unpaired) electrons. The van der Waals surface area contributed by atoms with E-state index in [0.29, 0.717) is 16.9 Å². The van der Waals surface area contributed by atoms with Gasteiger partial charge in [-0.15, -0.1) is 0 Å².